The van der Waals surface area contributed by atoms with E-state index in [2.05, 4.69) is 12.2 Å². The highest BCUT2D eigenvalue weighted by molar-refractivity contribution is 5.33. The maximum absolute atomic E-state index is 12.7. The summed E-state index contributed by atoms with van der Waals surface area (Å²) in [6, 6.07) is 9.62. The molecule has 0 aliphatic rings. The Morgan fingerprint density at radius 3 is 2.52 bits per heavy atom. The normalized spacial score (nSPS) is 14.0. The molecule has 126 valence electrons. The summed E-state index contributed by atoms with van der Waals surface area (Å²) in [5.74, 6) is 0.250. The van der Waals surface area contributed by atoms with Gasteiger partial charge in [0, 0.05) is 25.8 Å². The summed E-state index contributed by atoms with van der Waals surface area (Å²) in [7, 11) is 1.89. The van der Waals surface area contributed by atoms with Gasteiger partial charge in [-0.2, -0.15) is 0 Å². The Morgan fingerprint density at radius 1 is 1.26 bits per heavy atom. The number of nitrogens with zero attached hydrogens (tertiary/aromatic N) is 2. The molecule has 23 heavy (non-hydrogen) atoms. The zero-order chi connectivity index (χ0) is 17.0. The van der Waals surface area contributed by atoms with E-state index in [9.17, 15) is 9.90 Å². The van der Waals surface area contributed by atoms with Gasteiger partial charge in [-0.15, -0.1) is 0 Å². The van der Waals surface area contributed by atoms with E-state index in [1.54, 1.807) is 4.68 Å². The van der Waals surface area contributed by atoms with Crippen LogP contribution in [0.1, 0.15) is 31.5 Å². The number of hydrogen-bond donors (Lipinski definition) is 2. The van der Waals surface area contributed by atoms with Crippen molar-refractivity contribution < 1.29 is 5.11 Å². The van der Waals surface area contributed by atoms with Gasteiger partial charge in [0.25, 0.3) is 5.56 Å². The largest absolute Gasteiger partial charge is 0.392 e. The van der Waals surface area contributed by atoms with Crippen LogP contribution >= 0.6 is 0 Å². The van der Waals surface area contributed by atoms with Gasteiger partial charge in [0.05, 0.1) is 17.4 Å². The van der Waals surface area contributed by atoms with Crippen LogP contribution in [0.5, 0.6) is 0 Å². The van der Waals surface area contributed by atoms with Crippen LogP contribution in [0.3, 0.4) is 0 Å². The average molecular weight is 317 g/mol. The zero-order valence-corrected chi connectivity index (χ0v) is 14.4. The minimum absolute atomic E-state index is 0.0123. The van der Waals surface area contributed by atoms with Crippen LogP contribution in [0, 0.1) is 12.8 Å². The van der Waals surface area contributed by atoms with E-state index in [4.69, 9.17) is 0 Å². The Labute approximate surface area is 137 Å². The topological polar surface area (TPSA) is 59.2 Å². The van der Waals surface area contributed by atoms with Crippen molar-refractivity contribution in [3.8, 4) is 5.69 Å². The van der Waals surface area contributed by atoms with Crippen LogP contribution in [0.2, 0.25) is 0 Å². The third-order valence-corrected chi connectivity index (χ3v) is 4.63. The van der Waals surface area contributed by atoms with Crippen LogP contribution in [0.15, 0.2) is 35.1 Å². The maximum Gasteiger partial charge on any atom is 0.276 e. The van der Waals surface area contributed by atoms with Crippen molar-refractivity contribution in [2.75, 3.05) is 6.54 Å². The number of hydrogen-bond acceptors (Lipinski definition) is 3. The average Bonchev–Trinajstić information content (AvgIpc) is 2.78. The lowest BCUT2D eigenvalue weighted by Crippen LogP contribution is -2.32. The Balaban J connectivity index is 2.17. The van der Waals surface area contributed by atoms with Gasteiger partial charge in [0.2, 0.25) is 0 Å². The van der Waals surface area contributed by atoms with Crippen molar-refractivity contribution in [2.24, 2.45) is 13.0 Å². The summed E-state index contributed by atoms with van der Waals surface area (Å²) < 4.78 is 3.55. The van der Waals surface area contributed by atoms with Crippen LogP contribution in [0.4, 0.5) is 0 Å². The summed E-state index contributed by atoms with van der Waals surface area (Å²) in [4.78, 5) is 12.7. The van der Waals surface area contributed by atoms with E-state index in [-0.39, 0.29) is 17.6 Å². The molecule has 0 radical (unpaired) electrons. The second kappa shape index (κ2) is 7.62. The van der Waals surface area contributed by atoms with Gasteiger partial charge >= 0.3 is 0 Å². The molecule has 1 heterocycles. The number of rotatable bonds is 7. The number of aliphatic hydroxyl groups is 1. The molecule has 2 aromatic rings. The number of para-hydroxylation sites is 1. The Kier molecular flexibility index (Phi) is 5.80. The fourth-order valence-electron chi connectivity index (χ4n) is 2.65. The fourth-order valence-corrected chi connectivity index (χ4v) is 2.65. The highest BCUT2D eigenvalue weighted by Crippen LogP contribution is 2.10. The first-order valence-corrected chi connectivity index (χ1v) is 8.19. The van der Waals surface area contributed by atoms with Crippen molar-refractivity contribution in [1.29, 1.82) is 0 Å². The monoisotopic (exact) mass is 317 g/mol. The lowest BCUT2D eigenvalue weighted by atomic mass is 10.0. The predicted molar refractivity (Wildman–Crippen MR) is 92.9 cm³/mol. The molecular formula is C18H27N3O2. The molecule has 2 unspecified atom stereocenters. The van der Waals surface area contributed by atoms with Crippen LogP contribution in [-0.2, 0) is 13.6 Å². The number of aromatic nitrogens is 2. The highest BCUT2D eigenvalue weighted by atomic mass is 16.3. The van der Waals surface area contributed by atoms with Crippen molar-refractivity contribution in [3.63, 3.8) is 0 Å². The van der Waals surface area contributed by atoms with Crippen molar-refractivity contribution in [2.45, 2.75) is 39.8 Å². The summed E-state index contributed by atoms with van der Waals surface area (Å²) >= 11 is 0. The highest BCUT2D eigenvalue weighted by Gasteiger charge is 2.17. The number of aliphatic hydroxyl groups excluding tert-OH is 1. The molecule has 1 aromatic carbocycles. The lowest BCUT2D eigenvalue weighted by molar-refractivity contribution is 0.112. The third kappa shape index (κ3) is 3.74. The third-order valence-electron chi connectivity index (χ3n) is 4.63. The van der Waals surface area contributed by atoms with Crippen LogP contribution in [0.25, 0.3) is 5.69 Å². The molecule has 0 fully saturated rings. The van der Waals surface area contributed by atoms with E-state index in [0.29, 0.717) is 13.1 Å². The first-order chi connectivity index (χ1) is 11.0. The quantitative estimate of drug-likeness (QED) is 0.821. The molecular weight excluding hydrogens is 290 g/mol. The fraction of sp³-hybridized carbons (Fsp3) is 0.500. The second-order valence-electron chi connectivity index (χ2n) is 6.12. The smallest absolute Gasteiger partial charge is 0.276 e. The predicted octanol–water partition coefficient (Wildman–Crippen LogP) is 1.98. The van der Waals surface area contributed by atoms with Crippen LogP contribution in [-0.4, -0.2) is 27.1 Å². The molecule has 0 aliphatic heterocycles. The minimum Gasteiger partial charge on any atom is -0.392 e. The van der Waals surface area contributed by atoms with Crippen molar-refractivity contribution >= 4 is 0 Å². The summed E-state index contributed by atoms with van der Waals surface area (Å²) in [6.45, 7) is 7.00. The first-order valence-electron chi connectivity index (χ1n) is 8.19. The van der Waals surface area contributed by atoms with Gasteiger partial charge < -0.3 is 10.4 Å². The molecule has 1 aromatic heterocycles. The first kappa shape index (κ1) is 17.5. The van der Waals surface area contributed by atoms with Crippen molar-refractivity contribution in [3.05, 3.63) is 51.9 Å². The molecule has 0 saturated carbocycles. The molecule has 2 atom stereocenters. The molecule has 2 rings (SSSR count). The second-order valence-corrected chi connectivity index (χ2v) is 6.12. The Hall–Kier alpha value is -1.85. The molecule has 5 heteroatoms. The molecule has 0 spiro atoms. The molecule has 0 saturated heterocycles. The van der Waals surface area contributed by atoms with E-state index in [1.165, 1.54) is 0 Å². The van der Waals surface area contributed by atoms with Gasteiger partial charge in [-0.05, 0) is 25.0 Å². The molecule has 0 bridgehead atoms. The maximum atomic E-state index is 12.7. The molecule has 5 nitrogen and oxygen atoms in total. The van der Waals surface area contributed by atoms with Gasteiger partial charge in [-0.3, -0.25) is 9.48 Å². The van der Waals surface area contributed by atoms with E-state index < -0.39 is 0 Å². The zero-order valence-electron chi connectivity index (χ0n) is 14.4. The summed E-state index contributed by atoms with van der Waals surface area (Å²) in [5.41, 5.74) is 2.52. The summed E-state index contributed by atoms with van der Waals surface area (Å²) in [5, 5.41) is 13.2. The molecule has 0 aliphatic carbocycles. The lowest BCUT2D eigenvalue weighted by Gasteiger charge is -2.17. The standard InChI is InChI=1S/C18H27N3O2/c1-5-13(2)17(22)12-19-11-16-14(3)20(4)21(18(16)23)15-9-7-6-8-10-15/h6-10,13,17,19,22H,5,11-12H2,1-4H3. The van der Waals surface area contributed by atoms with Gasteiger partial charge in [0.1, 0.15) is 0 Å². The van der Waals surface area contributed by atoms with Gasteiger partial charge in [0.15, 0.2) is 0 Å². The van der Waals surface area contributed by atoms with E-state index >= 15 is 0 Å². The Bertz CT molecular complexity index is 688. The van der Waals surface area contributed by atoms with Gasteiger partial charge in [-0.25, -0.2) is 4.68 Å². The number of benzene rings is 1. The molecule has 0 amide bonds. The number of nitrogens with one attached hydrogen (secondary N) is 1. The van der Waals surface area contributed by atoms with Gasteiger partial charge in [-0.1, -0.05) is 38.5 Å². The van der Waals surface area contributed by atoms with E-state index in [0.717, 1.165) is 23.4 Å². The SMILES string of the molecule is CCC(C)C(O)CNCc1c(C)n(C)n(-c2ccccc2)c1=O. The molecule has 2 N–H and O–H groups in total. The van der Waals surface area contributed by atoms with Crippen molar-refractivity contribution in [1.82, 2.24) is 14.7 Å². The van der Waals surface area contributed by atoms with E-state index in [1.807, 2.05) is 55.9 Å². The Morgan fingerprint density at radius 2 is 1.91 bits per heavy atom. The van der Waals surface area contributed by atoms with Crippen LogP contribution < -0.4 is 10.9 Å². The minimum atomic E-state index is -0.389. The summed E-state index contributed by atoms with van der Waals surface area (Å²) in [6.07, 6.45) is 0.550.